The lowest BCUT2D eigenvalue weighted by Crippen LogP contribution is -2.44. The molecular formula is C18H26N4O. The van der Waals surface area contributed by atoms with Crippen LogP contribution in [0.4, 0.5) is 0 Å². The lowest BCUT2D eigenvalue weighted by molar-refractivity contribution is 0.0547. The molecule has 1 atom stereocenters. The molecule has 0 radical (unpaired) electrons. The minimum absolute atomic E-state index is 0.338. The Morgan fingerprint density at radius 1 is 1.30 bits per heavy atom. The molecule has 5 nitrogen and oxygen atoms in total. The highest BCUT2D eigenvalue weighted by molar-refractivity contribution is 5.77. The second-order valence-electron chi connectivity index (χ2n) is 7.04. The van der Waals surface area contributed by atoms with Crippen LogP contribution in [0.2, 0.25) is 0 Å². The third-order valence-corrected chi connectivity index (χ3v) is 5.19. The number of rotatable bonds is 3. The van der Waals surface area contributed by atoms with Crippen LogP contribution in [0.25, 0.3) is 11.0 Å². The first-order chi connectivity index (χ1) is 11.2. The van der Waals surface area contributed by atoms with E-state index in [1.54, 1.807) is 0 Å². The van der Waals surface area contributed by atoms with Gasteiger partial charge in [0.05, 0.1) is 23.7 Å². The van der Waals surface area contributed by atoms with E-state index in [4.69, 9.17) is 9.72 Å². The van der Waals surface area contributed by atoms with Crippen LogP contribution in [0.15, 0.2) is 18.2 Å². The molecule has 1 N–H and O–H groups in total. The molecule has 1 unspecified atom stereocenters. The number of nitrogens with one attached hydrogen (secondary N) is 1. The van der Waals surface area contributed by atoms with Gasteiger partial charge < -0.3 is 19.5 Å². The van der Waals surface area contributed by atoms with E-state index in [-0.39, 0.29) is 0 Å². The summed E-state index contributed by atoms with van der Waals surface area (Å²) in [6.45, 7) is 6.88. The molecule has 23 heavy (non-hydrogen) atoms. The lowest BCUT2D eigenvalue weighted by atomic mass is 10.1. The van der Waals surface area contributed by atoms with Gasteiger partial charge >= 0.3 is 0 Å². The maximum Gasteiger partial charge on any atom is 0.136 e. The van der Waals surface area contributed by atoms with Gasteiger partial charge in [-0.3, -0.25) is 0 Å². The molecule has 124 valence electrons. The van der Waals surface area contributed by atoms with Crippen molar-refractivity contribution in [2.45, 2.75) is 38.5 Å². The number of piperidine rings is 1. The molecule has 0 amide bonds. The van der Waals surface area contributed by atoms with E-state index in [0.29, 0.717) is 18.7 Å². The first-order valence-electron chi connectivity index (χ1n) is 8.68. The fourth-order valence-corrected chi connectivity index (χ4v) is 3.79. The number of hydrogen-bond donors (Lipinski definition) is 1. The topological polar surface area (TPSA) is 42.3 Å². The quantitative estimate of drug-likeness (QED) is 0.942. The van der Waals surface area contributed by atoms with Gasteiger partial charge in [-0.25, -0.2) is 4.98 Å². The Hall–Kier alpha value is -1.43. The SMILES string of the molecule is Cc1ccc2nc3n(c2c1)C(CNC1CCN(C)CC1)COC3. The van der Waals surface area contributed by atoms with Crippen LogP contribution in [-0.4, -0.2) is 53.8 Å². The molecule has 4 rings (SSSR count). The van der Waals surface area contributed by atoms with Gasteiger partial charge in [0.15, 0.2) is 0 Å². The van der Waals surface area contributed by atoms with Gasteiger partial charge in [-0.2, -0.15) is 0 Å². The summed E-state index contributed by atoms with van der Waals surface area (Å²) in [5.41, 5.74) is 3.62. The normalized spacial score (nSPS) is 23.3. The minimum Gasteiger partial charge on any atom is -0.371 e. The van der Waals surface area contributed by atoms with Crippen molar-refractivity contribution in [1.82, 2.24) is 19.8 Å². The molecule has 0 aliphatic carbocycles. The number of aryl methyl sites for hydroxylation is 1. The minimum atomic E-state index is 0.338. The number of benzene rings is 1. The molecule has 0 bridgehead atoms. The molecule has 0 saturated carbocycles. The fraction of sp³-hybridized carbons (Fsp3) is 0.611. The van der Waals surface area contributed by atoms with E-state index < -0.39 is 0 Å². The lowest BCUT2D eigenvalue weighted by Gasteiger charge is -2.32. The zero-order valence-electron chi connectivity index (χ0n) is 14.1. The maximum atomic E-state index is 5.79. The van der Waals surface area contributed by atoms with Crippen LogP contribution >= 0.6 is 0 Å². The van der Waals surface area contributed by atoms with Gasteiger partial charge in [-0.05, 0) is 57.6 Å². The maximum absolute atomic E-state index is 5.79. The summed E-state index contributed by atoms with van der Waals surface area (Å²) >= 11 is 0. The van der Waals surface area contributed by atoms with Crippen molar-refractivity contribution in [1.29, 1.82) is 0 Å². The zero-order chi connectivity index (χ0) is 15.8. The van der Waals surface area contributed by atoms with Crippen LogP contribution in [-0.2, 0) is 11.3 Å². The number of nitrogens with zero attached hydrogens (tertiary/aromatic N) is 3. The van der Waals surface area contributed by atoms with Crippen molar-refractivity contribution in [3.63, 3.8) is 0 Å². The van der Waals surface area contributed by atoms with E-state index in [0.717, 1.165) is 24.5 Å². The Bertz CT molecular complexity index is 688. The summed E-state index contributed by atoms with van der Waals surface area (Å²) in [7, 11) is 2.21. The van der Waals surface area contributed by atoms with Crippen LogP contribution < -0.4 is 5.32 Å². The van der Waals surface area contributed by atoms with Gasteiger partial charge in [-0.15, -0.1) is 0 Å². The molecule has 2 aromatic rings. The van der Waals surface area contributed by atoms with E-state index in [2.05, 4.69) is 47.0 Å². The Labute approximate surface area is 137 Å². The summed E-state index contributed by atoms with van der Waals surface area (Å²) in [5, 5.41) is 3.77. The second kappa shape index (κ2) is 6.23. The monoisotopic (exact) mass is 314 g/mol. The van der Waals surface area contributed by atoms with Crippen molar-refractivity contribution in [3.05, 3.63) is 29.6 Å². The molecule has 5 heteroatoms. The Balaban J connectivity index is 1.53. The average Bonchev–Trinajstić information content (AvgIpc) is 2.93. The second-order valence-corrected chi connectivity index (χ2v) is 7.04. The van der Waals surface area contributed by atoms with Crippen molar-refractivity contribution in [3.8, 4) is 0 Å². The third-order valence-electron chi connectivity index (χ3n) is 5.19. The van der Waals surface area contributed by atoms with Gasteiger partial charge in [0.2, 0.25) is 0 Å². The van der Waals surface area contributed by atoms with Crippen LogP contribution in [0, 0.1) is 6.92 Å². The first-order valence-corrected chi connectivity index (χ1v) is 8.68. The van der Waals surface area contributed by atoms with Gasteiger partial charge in [-0.1, -0.05) is 6.07 Å². The number of aromatic nitrogens is 2. The van der Waals surface area contributed by atoms with Crippen LogP contribution in [0.5, 0.6) is 0 Å². The van der Waals surface area contributed by atoms with Gasteiger partial charge in [0.1, 0.15) is 12.4 Å². The number of fused-ring (bicyclic) bond motifs is 3. The van der Waals surface area contributed by atoms with Gasteiger partial charge in [0, 0.05) is 12.6 Å². The Morgan fingerprint density at radius 3 is 2.96 bits per heavy atom. The molecule has 3 heterocycles. The summed E-state index contributed by atoms with van der Waals surface area (Å²) in [6, 6.07) is 7.48. The van der Waals surface area contributed by atoms with Crippen molar-refractivity contribution in [2.75, 3.05) is 33.3 Å². The van der Waals surface area contributed by atoms with Crippen LogP contribution in [0.3, 0.4) is 0 Å². The largest absolute Gasteiger partial charge is 0.371 e. The smallest absolute Gasteiger partial charge is 0.136 e. The summed E-state index contributed by atoms with van der Waals surface area (Å²) in [4.78, 5) is 7.16. The molecule has 1 saturated heterocycles. The fourth-order valence-electron chi connectivity index (χ4n) is 3.79. The highest BCUT2D eigenvalue weighted by Crippen LogP contribution is 2.26. The van der Waals surface area contributed by atoms with E-state index in [1.165, 1.54) is 37.0 Å². The van der Waals surface area contributed by atoms with Crippen molar-refractivity contribution in [2.24, 2.45) is 0 Å². The predicted molar refractivity (Wildman–Crippen MR) is 91.7 cm³/mol. The molecular weight excluding hydrogens is 288 g/mol. The summed E-state index contributed by atoms with van der Waals surface area (Å²) in [6.07, 6.45) is 2.47. The summed E-state index contributed by atoms with van der Waals surface area (Å²) < 4.78 is 8.19. The molecule has 0 spiro atoms. The molecule has 1 aromatic heterocycles. The molecule has 2 aliphatic rings. The number of hydrogen-bond acceptors (Lipinski definition) is 4. The predicted octanol–water partition coefficient (Wildman–Crippen LogP) is 2.10. The average molecular weight is 314 g/mol. The van der Waals surface area contributed by atoms with Crippen molar-refractivity contribution < 1.29 is 4.74 Å². The highest BCUT2D eigenvalue weighted by atomic mass is 16.5. The van der Waals surface area contributed by atoms with Crippen LogP contribution in [0.1, 0.15) is 30.3 Å². The first kappa shape index (κ1) is 15.1. The Morgan fingerprint density at radius 2 is 2.13 bits per heavy atom. The Kier molecular flexibility index (Phi) is 4.09. The van der Waals surface area contributed by atoms with Gasteiger partial charge in [0.25, 0.3) is 0 Å². The van der Waals surface area contributed by atoms with Crippen molar-refractivity contribution >= 4 is 11.0 Å². The molecule has 2 aliphatic heterocycles. The number of ether oxygens (including phenoxy) is 1. The third kappa shape index (κ3) is 3.01. The molecule has 1 fully saturated rings. The number of imidazole rings is 1. The van der Waals surface area contributed by atoms with E-state index in [9.17, 15) is 0 Å². The summed E-state index contributed by atoms with van der Waals surface area (Å²) in [5.74, 6) is 1.06. The number of likely N-dealkylation sites (tertiary alicyclic amines) is 1. The molecule has 1 aromatic carbocycles. The van der Waals surface area contributed by atoms with E-state index >= 15 is 0 Å². The van der Waals surface area contributed by atoms with E-state index in [1.807, 2.05) is 0 Å². The standard InChI is InChI=1S/C18H26N4O/c1-13-3-4-16-17(9-13)22-15(11-23-12-18(22)20-16)10-19-14-5-7-21(2)8-6-14/h3-4,9,14-15,19H,5-8,10-12H2,1-2H3. The highest BCUT2D eigenvalue weighted by Gasteiger charge is 2.25. The zero-order valence-corrected chi connectivity index (χ0v) is 14.1.